The van der Waals surface area contributed by atoms with Gasteiger partial charge in [-0.05, 0) is 51.8 Å². The molecule has 2 N–H and O–H groups in total. The molecule has 4 nitrogen and oxygen atoms in total. The van der Waals surface area contributed by atoms with Gasteiger partial charge in [0.25, 0.3) is 0 Å². The first-order chi connectivity index (χ1) is 10.1. The van der Waals surface area contributed by atoms with Gasteiger partial charge in [-0.2, -0.15) is 0 Å². The lowest BCUT2D eigenvalue weighted by atomic mass is 9.80. The van der Waals surface area contributed by atoms with E-state index in [1.54, 1.807) is 0 Å². The Morgan fingerprint density at radius 2 is 2.05 bits per heavy atom. The first-order valence-corrected chi connectivity index (χ1v) is 7.99. The van der Waals surface area contributed by atoms with Gasteiger partial charge >= 0.3 is 0 Å². The summed E-state index contributed by atoms with van der Waals surface area (Å²) in [5.41, 5.74) is 1.60. The minimum atomic E-state index is -0.596. The van der Waals surface area contributed by atoms with Gasteiger partial charge in [-0.1, -0.05) is 12.1 Å². The molecule has 21 heavy (non-hydrogen) atoms. The molecule has 0 aliphatic heterocycles. The highest BCUT2D eigenvalue weighted by Crippen LogP contribution is 2.32. The van der Waals surface area contributed by atoms with Crippen molar-refractivity contribution in [3.05, 3.63) is 30.1 Å². The molecule has 0 atom stereocenters. The maximum Gasteiger partial charge on any atom is 0.112 e. The van der Waals surface area contributed by atoms with Gasteiger partial charge in [0.1, 0.15) is 5.82 Å². The molecule has 0 amide bonds. The van der Waals surface area contributed by atoms with Gasteiger partial charge in [0, 0.05) is 19.0 Å². The Labute approximate surface area is 126 Å². The number of imidazole rings is 1. The smallest absolute Gasteiger partial charge is 0.112 e. The second-order valence-corrected chi connectivity index (χ2v) is 6.23. The fourth-order valence-electron chi connectivity index (χ4n) is 3.53. The second kappa shape index (κ2) is 5.78. The number of aromatic nitrogens is 2. The van der Waals surface area contributed by atoms with Crippen LogP contribution in [0.1, 0.15) is 38.4 Å². The molecule has 1 fully saturated rings. The van der Waals surface area contributed by atoms with E-state index in [9.17, 15) is 5.11 Å². The summed E-state index contributed by atoms with van der Waals surface area (Å²) in [5.74, 6) is 1.02. The van der Waals surface area contributed by atoms with Crippen LogP contribution in [0.25, 0.3) is 11.0 Å². The molecule has 3 rings (SSSR count). The quantitative estimate of drug-likeness (QED) is 0.908. The third kappa shape index (κ3) is 2.83. The topological polar surface area (TPSA) is 50.1 Å². The van der Waals surface area contributed by atoms with Gasteiger partial charge in [0.15, 0.2) is 0 Å². The third-order valence-corrected chi connectivity index (χ3v) is 4.86. The van der Waals surface area contributed by atoms with Crippen LogP contribution in [0.4, 0.5) is 0 Å². The molecule has 0 spiro atoms. The SMILES string of the molecule is CCn1c(CC2(O)CCC(NC)CC2)nc2ccccc21. The Morgan fingerprint density at radius 3 is 2.71 bits per heavy atom. The molecule has 114 valence electrons. The van der Waals surface area contributed by atoms with Gasteiger partial charge in [-0.3, -0.25) is 0 Å². The number of nitrogens with zero attached hydrogens (tertiary/aromatic N) is 2. The molecular weight excluding hydrogens is 262 g/mol. The van der Waals surface area contributed by atoms with Crippen molar-refractivity contribution >= 4 is 11.0 Å². The van der Waals surface area contributed by atoms with Gasteiger partial charge < -0.3 is 15.0 Å². The monoisotopic (exact) mass is 287 g/mol. The maximum atomic E-state index is 10.9. The zero-order valence-corrected chi connectivity index (χ0v) is 13.0. The van der Waals surface area contributed by atoms with Crippen molar-refractivity contribution in [2.75, 3.05) is 7.05 Å². The number of fused-ring (bicyclic) bond motifs is 1. The van der Waals surface area contributed by atoms with Crippen molar-refractivity contribution in [2.45, 2.75) is 57.2 Å². The number of aryl methyl sites for hydroxylation is 1. The average molecular weight is 287 g/mol. The largest absolute Gasteiger partial charge is 0.389 e. The highest BCUT2D eigenvalue weighted by Gasteiger charge is 2.34. The van der Waals surface area contributed by atoms with Gasteiger partial charge in [0.05, 0.1) is 16.6 Å². The van der Waals surface area contributed by atoms with E-state index in [0.717, 1.165) is 43.6 Å². The lowest BCUT2D eigenvalue weighted by molar-refractivity contribution is -0.00458. The van der Waals surface area contributed by atoms with Crippen LogP contribution in [0, 0.1) is 0 Å². The number of hydrogen-bond acceptors (Lipinski definition) is 3. The molecule has 1 aromatic carbocycles. The number of nitrogens with one attached hydrogen (secondary N) is 1. The Morgan fingerprint density at radius 1 is 1.33 bits per heavy atom. The Kier molecular flexibility index (Phi) is 4.00. The van der Waals surface area contributed by atoms with E-state index in [2.05, 4.69) is 22.9 Å². The van der Waals surface area contributed by atoms with Crippen LogP contribution >= 0.6 is 0 Å². The predicted octanol–water partition coefficient (Wildman–Crippen LogP) is 2.49. The number of rotatable bonds is 4. The number of aliphatic hydroxyl groups is 1. The molecular formula is C17H25N3O. The summed E-state index contributed by atoms with van der Waals surface area (Å²) in [6.07, 6.45) is 4.45. The summed E-state index contributed by atoms with van der Waals surface area (Å²) >= 11 is 0. The summed E-state index contributed by atoms with van der Waals surface area (Å²) < 4.78 is 2.23. The fraction of sp³-hybridized carbons (Fsp3) is 0.588. The van der Waals surface area contributed by atoms with E-state index in [1.165, 1.54) is 5.52 Å². The van der Waals surface area contributed by atoms with Crippen molar-refractivity contribution in [3.63, 3.8) is 0 Å². The first-order valence-electron chi connectivity index (χ1n) is 7.99. The summed E-state index contributed by atoms with van der Waals surface area (Å²) in [7, 11) is 2.01. The van der Waals surface area contributed by atoms with Crippen molar-refractivity contribution in [3.8, 4) is 0 Å². The molecule has 1 heterocycles. The molecule has 0 saturated heterocycles. The highest BCUT2D eigenvalue weighted by atomic mass is 16.3. The number of para-hydroxylation sites is 2. The summed E-state index contributed by atoms with van der Waals surface area (Å²) in [6.45, 7) is 3.03. The Balaban J connectivity index is 1.84. The molecule has 1 aliphatic carbocycles. The second-order valence-electron chi connectivity index (χ2n) is 6.23. The summed E-state index contributed by atoms with van der Waals surface area (Å²) in [5, 5.41) is 14.2. The average Bonchev–Trinajstić information content (AvgIpc) is 2.84. The lowest BCUT2D eigenvalue weighted by Crippen LogP contribution is -2.42. The molecule has 1 aromatic heterocycles. The van der Waals surface area contributed by atoms with Crippen LogP contribution in [0.2, 0.25) is 0 Å². The van der Waals surface area contributed by atoms with E-state index >= 15 is 0 Å². The van der Waals surface area contributed by atoms with E-state index in [4.69, 9.17) is 4.98 Å². The molecule has 2 aromatic rings. The minimum absolute atomic E-state index is 0.551. The van der Waals surface area contributed by atoms with Crippen molar-refractivity contribution < 1.29 is 5.11 Å². The number of benzene rings is 1. The van der Waals surface area contributed by atoms with Crippen LogP contribution in [0.15, 0.2) is 24.3 Å². The Hall–Kier alpha value is -1.39. The van der Waals surface area contributed by atoms with E-state index < -0.39 is 5.60 Å². The molecule has 0 bridgehead atoms. The van der Waals surface area contributed by atoms with Crippen molar-refractivity contribution in [2.24, 2.45) is 0 Å². The molecule has 0 unspecified atom stereocenters. The molecule has 1 aliphatic rings. The van der Waals surface area contributed by atoms with Crippen molar-refractivity contribution in [1.82, 2.24) is 14.9 Å². The van der Waals surface area contributed by atoms with Gasteiger partial charge in [0.2, 0.25) is 0 Å². The van der Waals surface area contributed by atoms with Gasteiger partial charge in [-0.15, -0.1) is 0 Å². The van der Waals surface area contributed by atoms with E-state index in [0.29, 0.717) is 12.5 Å². The lowest BCUT2D eigenvalue weighted by Gasteiger charge is -2.35. The molecule has 1 saturated carbocycles. The Bertz CT molecular complexity index is 612. The van der Waals surface area contributed by atoms with E-state index in [-0.39, 0.29) is 0 Å². The third-order valence-electron chi connectivity index (χ3n) is 4.86. The van der Waals surface area contributed by atoms with Crippen LogP contribution in [0.5, 0.6) is 0 Å². The normalized spacial score (nSPS) is 26.3. The fourth-order valence-corrected chi connectivity index (χ4v) is 3.53. The molecule has 0 radical (unpaired) electrons. The predicted molar refractivity (Wildman–Crippen MR) is 85.4 cm³/mol. The van der Waals surface area contributed by atoms with Crippen LogP contribution in [-0.2, 0) is 13.0 Å². The van der Waals surface area contributed by atoms with Gasteiger partial charge in [-0.25, -0.2) is 4.98 Å². The van der Waals surface area contributed by atoms with E-state index in [1.807, 2.05) is 25.2 Å². The highest BCUT2D eigenvalue weighted by molar-refractivity contribution is 5.75. The van der Waals surface area contributed by atoms with Crippen LogP contribution < -0.4 is 5.32 Å². The zero-order valence-electron chi connectivity index (χ0n) is 13.0. The number of hydrogen-bond donors (Lipinski definition) is 2. The minimum Gasteiger partial charge on any atom is -0.389 e. The summed E-state index contributed by atoms with van der Waals surface area (Å²) in [4.78, 5) is 4.75. The van der Waals surface area contributed by atoms with Crippen LogP contribution in [0.3, 0.4) is 0 Å². The standard InChI is InChI=1S/C17H25N3O/c1-3-20-15-7-5-4-6-14(15)19-16(20)12-17(21)10-8-13(18-2)9-11-17/h4-7,13,18,21H,3,8-12H2,1-2H3. The van der Waals surface area contributed by atoms with Crippen LogP contribution in [-0.4, -0.2) is 33.3 Å². The zero-order chi connectivity index (χ0) is 14.9. The first kappa shape index (κ1) is 14.5. The molecule has 4 heteroatoms. The summed E-state index contributed by atoms with van der Waals surface area (Å²) in [6, 6.07) is 8.78. The maximum absolute atomic E-state index is 10.9. The van der Waals surface area contributed by atoms with Crippen molar-refractivity contribution in [1.29, 1.82) is 0 Å².